The Kier molecular flexibility index (Phi) is 10.5. The van der Waals surface area contributed by atoms with Gasteiger partial charge in [-0.2, -0.15) is 11.8 Å². The van der Waals surface area contributed by atoms with Crippen LogP contribution < -0.4 is 10.9 Å². The Morgan fingerprint density at radius 2 is 1.51 bits per heavy atom. The van der Waals surface area contributed by atoms with Crippen molar-refractivity contribution in [2.24, 2.45) is 17.8 Å². The Labute approximate surface area is 229 Å². The minimum absolute atomic E-state index is 0.197. The first-order valence-electron chi connectivity index (χ1n) is 15.4. The third kappa shape index (κ3) is 7.42. The fourth-order valence-corrected chi connectivity index (χ4v) is 9.21. The van der Waals surface area contributed by atoms with Gasteiger partial charge in [0.2, 0.25) is 5.91 Å². The summed E-state index contributed by atoms with van der Waals surface area (Å²) in [6, 6.07) is 10.9. The SMILES string of the molecule is O=C(/C=C/c1ccccc1)N(CC1SCCC1C1CCCCCC1)C1CNNC1C1CCCCCCC1. The van der Waals surface area contributed by atoms with Gasteiger partial charge in [-0.25, -0.2) is 0 Å². The van der Waals surface area contributed by atoms with Gasteiger partial charge in [-0.3, -0.25) is 15.6 Å². The van der Waals surface area contributed by atoms with E-state index in [9.17, 15) is 4.79 Å². The molecule has 5 rings (SSSR count). The molecule has 37 heavy (non-hydrogen) atoms. The van der Waals surface area contributed by atoms with Gasteiger partial charge >= 0.3 is 0 Å². The van der Waals surface area contributed by atoms with Crippen LogP contribution in [-0.2, 0) is 4.79 Å². The average Bonchev–Trinajstić information content (AvgIpc) is 3.49. The van der Waals surface area contributed by atoms with Crippen molar-refractivity contribution < 1.29 is 4.79 Å². The van der Waals surface area contributed by atoms with Crippen LogP contribution in [0.2, 0.25) is 0 Å². The van der Waals surface area contributed by atoms with Crippen LogP contribution >= 0.6 is 11.8 Å². The second-order valence-electron chi connectivity index (χ2n) is 12.1. The van der Waals surface area contributed by atoms with Crippen molar-refractivity contribution in [1.82, 2.24) is 15.8 Å². The number of benzene rings is 1. The molecule has 1 amide bonds. The van der Waals surface area contributed by atoms with E-state index in [4.69, 9.17) is 0 Å². The molecule has 4 fully saturated rings. The highest BCUT2D eigenvalue weighted by atomic mass is 32.2. The molecular formula is C32H49N3OS. The second kappa shape index (κ2) is 14.2. The third-order valence-electron chi connectivity index (χ3n) is 9.70. The topological polar surface area (TPSA) is 44.4 Å². The Balaban J connectivity index is 1.35. The Morgan fingerprint density at radius 1 is 0.865 bits per heavy atom. The highest BCUT2D eigenvalue weighted by molar-refractivity contribution is 8.00. The van der Waals surface area contributed by atoms with Gasteiger partial charge in [0.25, 0.3) is 0 Å². The lowest BCUT2D eigenvalue weighted by Crippen LogP contribution is -2.53. The lowest BCUT2D eigenvalue weighted by atomic mass is 9.81. The first-order valence-corrected chi connectivity index (χ1v) is 16.5. The van der Waals surface area contributed by atoms with Gasteiger partial charge in [-0.15, -0.1) is 0 Å². The van der Waals surface area contributed by atoms with E-state index in [1.165, 1.54) is 95.6 Å². The average molecular weight is 524 g/mol. The molecule has 4 nitrogen and oxygen atoms in total. The molecule has 0 bridgehead atoms. The molecule has 0 aromatic heterocycles. The lowest BCUT2D eigenvalue weighted by Gasteiger charge is -2.38. The molecule has 4 unspecified atom stereocenters. The summed E-state index contributed by atoms with van der Waals surface area (Å²) in [7, 11) is 0. The number of hydrogen-bond donors (Lipinski definition) is 2. The van der Waals surface area contributed by atoms with Crippen molar-refractivity contribution in [3.63, 3.8) is 0 Å². The Morgan fingerprint density at radius 3 is 2.22 bits per heavy atom. The summed E-state index contributed by atoms with van der Waals surface area (Å²) in [6.45, 7) is 1.76. The van der Waals surface area contributed by atoms with Gasteiger partial charge in [0, 0.05) is 30.5 Å². The van der Waals surface area contributed by atoms with E-state index in [1.54, 1.807) is 0 Å². The maximum atomic E-state index is 14.0. The molecule has 2 aliphatic heterocycles. The maximum absolute atomic E-state index is 14.0. The lowest BCUT2D eigenvalue weighted by molar-refractivity contribution is -0.128. The number of hydrogen-bond acceptors (Lipinski definition) is 4. The quantitative estimate of drug-likeness (QED) is 0.304. The van der Waals surface area contributed by atoms with Crippen LogP contribution in [0.4, 0.5) is 0 Å². The fourth-order valence-electron chi connectivity index (χ4n) is 7.63. The number of hydrazine groups is 1. The minimum Gasteiger partial charge on any atom is -0.332 e. The number of amides is 1. The summed E-state index contributed by atoms with van der Waals surface area (Å²) in [5.74, 6) is 3.75. The predicted octanol–water partition coefficient (Wildman–Crippen LogP) is 6.83. The largest absolute Gasteiger partial charge is 0.332 e. The number of nitrogens with zero attached hydrogens (tertiary/aromatic N) is 1. The van der Waals surface area contributed by atoms with Crippen LogP contribution in [0.1, 0.15) is 95.5 Å². The number of rotatable bonds is 7. The normalized spacial score (nSPS) is 30.7. The van der Waals surface area contributed by atoms with Gasteiger partial charge in [-0.1, -0.05) is 101 Å². The van der Waals surface area contributed by atoms with Gasteiger partial charge in [-0.05, 0) is 54.4 Å². The molecule has 5 heteroatoms. The maximum Gasteiger partial charge on any atom is 0.246 e. The summed E-state index contributed by atoms with van der Waals surface area (Å²) in [5.41, 5.74) is 8.26. The number of carbonyl (C=O) groups is 1. The molecule has 2 N–H and O–H groups in total. The van der Waals surface area contributed by atoms with Crippen molar-refractivity contribution in [2.45, 2.75) is 107 Å². The van der Waals surface area contributed by atoms with Crippen LogP contribution in [0.25, 0.3) is 6.08 Å². The van der Waals surface area contributed by atoms with Gasteiger partial charge < -0.3 is 4.90 Å². The highest BCUT2D eigenvalue weighted by Crippen LogP contribution is 2.43. The van der Waals surface area contributed by atoms with E-state index in [0.717, 1.165) is 30.5 Å². The van der Waals surface area contributed by atoms with Crippen LogP contribution in [0, 0.1) is 17.8 Å². The van der Waals surface area contributed by atoms with Crippen molar-refractivity contribution in [3.05, 3.63) is 42.0 Å². The van der Waals surface area contributed by atoms with Gasteiger partial charge in [0.05, 0.1) is 6.04 Å². The highest BCUT2D eigenvalue weighted by Gasteiger charge is 2.42. The molecule has 2 saturated carbocycles. The molecule has 1 aromatic rings. The monoisotopic (exact) mass is 523 g/mol. The summed E-state index contributed by atoms with van der Waals surface area (Å²) < 4.78 is 0. The number of carbonyl (C=O) groups excluding carboxylic acids is 1. The molecule has 204 valence electrons. The fraction of sp³-hybridized carbons (Fsp3) is 0.719. The first-order chi connectivity index (χ1) is 18.3. The summed E-state index contributed by atoms with van der Waals surface area (Å²) in [5, 5.41) is 0.579. The van der Waals surface area contributed by atoms with E-state index in [1.807, 2.05) is 30.4 Å². The summed E-state index contributed by atoms with van der Waals surface area (Å²) in [6.07, 6.45) is 23.0. The zero-order valence-electron chi connectivity index (χ0n) is 22.8. The van der Waals surface area contributed by atoms with Crippen molar-refractivity contribution in [1.29, 1.82) is 0 Å². The van der Waals surface area contributed by atoms with E-state index >= 15 is 0 Å². The molecule has 2 saturated heterocycles. The van der Waals surface area contributed by atoms with E-state index < -0.39 is 0 Å². The standard InChI is InChI=1S/C32H49N3OS/c36-31(20-19-25-13-7-6-8-14-25)35(24-30-28(21-22-37-30)26-15-9-4-5-10-16-26)29-23-33-34-32(29)27-17-11-2-1-3-12-18-27/h6-8,13-14,19-20,26-30,32-34H,1-5,9-12,15-18,21-24H2/b20-19+. The Hall–Kier alpha value is -1.30. The molecule has 0 spiro atoms. The zero-order chi connectivity index (χ0) is 25.3. The number of thioether (sulfide) groups is 1. The summed E-state index contributed by atoms with van der Waals surface area (Å²) in [4.78, 5) is 16.2. The molecule has 0 radical (unpaired) electrons. The van der Waals surface area contributed by atoms with E-state index in [2.05, 4.69) is 39.6 Å². The molecular weight excluding hydrogens is 474 g/mol. The smallest absolute Gasteiger partial charge is 0.246 e. The predicted molar refractivity (Wildman–Crippen MR) is 157 cm³/mol. The summed E-state index contributed by atoms with van der Waals surface area (Å²) >= 11 is 2.15. The van der Waals surface area contributed by atoms with E-state index in [0.29, 0.717) is 17.2 Å². The van der Waals surface area contributed by atoms with Gasteiger partial charge in [0.15, 0.2) is 0 Å². The van der Waals surface area contributed by atoms with Crippen LogP contribution in [0.3, 0.4) is 0 Å². The van der Waals surface area contributed by atoms with Gasteiger partial charge in [0.1, 0.15) is 0 Å². The zero-order valence-corrected chi connectivity index (χ0v) is 23.6. The minimum atomic E-state index is 0.197. The van der Waals surface area contributed by atoms with Crippen molar-refractivity contribution in [3.8, 4) is 0 Å². The molecule has 1 aromatic carbocycles. The van der Waals surface area contributed by atoms with Crippen molar-refractivity contribution in [2.75, 3.05) is 18.8 Å². The number of nitrogens with one attached hydrogen (secondary N) is 2. The molecule has 2 heterocycles. The van der Waals surface area contributed by atoms with Crippen molar-refractivity contribution >= 4 is 23.7 Å². The molecule has 4 atom stereocenters. The second-order valence-corrected chi connectivity index (χ2v) is 13.4. The van der Waals surface area contributed by atoms with Crippen LogP contribution in [0.15, 0.2) is 36.4 Å². The van der Waals surface area contributed by atoms with Crippen LogP contribution in [0.5, 0.6) is 0 Å². The molecule has 2 aliphatic carbocycles. The Bertz CT molecular complexity index is 845. The van der Waals surface area contributed by atoms with E-state index in [-0.39, 0.29) is 11.9 Å². The van der Waals surface area contributed by atoms with Crippen LogP contribution in [-0.4, -0.2) is 47.0 Å². The third-order valence-corrected chi connectivity index (χ3v) is 11.1. The molecule has 4 aliphatic rings. The first kappa shape index (κ1) is 27.3.